The lowest BCUT2D eigenvalue weighted by Crippen LogP contribution is -2.27. The topological polar surface area (TPSA) is 68.3 Å². The number of aromatic nitrogens is 5. The van der Waals surface area contributed by atoms with E-state index in [-0.39, 0.29) is 23.6 Å². The van der Waals surface area contributed by atoms with Gasteiger partial charge < -0.3 is 4.90 Å². The third-order valence-corrected chi connectivity index (χ3v) is 4.23. The van der Waals surface area contributed by atoms with Gasteiger partial charge in [0.05, 0.1) is 11.6 Å². The summed E-state index contributed by atoms with van der Waals surface area (Å²) in [6, 6.07) is 2.11. The molecule has 0 unspecified atom stereocenters. The molecule has 0 aliphatic heterocycles. The van der Waals surface area contributed by atoms with Gasteiger partial charge in [-0.2, -0.15) is 23.4 Å². The largest absolute Gasteiger partial charge is 0.433 e. The van der Waals surface area contributed by atoms with E-state index in [1.54, 1.807) is 10.9 Å². The van der Waals surface area contributed by atoms with Crippen LogP contribution in [-0.2, 0) is 19.3 Å². The van der Waals surface area contributed by atoms with Crippen molar-refractivity contribution < 1.29 is 18.0 Å². The van der Waals surface area contributed by atoms with E-state index < -0.39 is 17.8 Å². The Morgan fingerprint density at radius 3 is 2.59 bits per heavy atom. The first-order valence-corrected chi connectivity index (χ1v) is 8.40. The smallest absolute Gasteiger partial charge is 0.334 e. The number of aryl methyl sites for hydroxylation is 2. The normalized spacial score (nSPS) is 12.0. The molecule has 3 aromatic heterocycles. The van der Waals surface area contributed by atoms with Crippen LogP contribution in [0.2, 0.25) is 5.02 Å². The number of rotatable bonds is 4. The average molecular weight is 401 g/mol. The van der Waals surface area contributed by atoms with Crippen LogP contribution in [0.5, 0.6) is 0 Å². The van der Waals surface area contributed by atoms with E-state index in [1.807, 2.05) is 6.92 Å². The Labute approximate surface area is 157 Å². The van der Waals surface area contributed by atoms with Crippen molar-refractivity contribution >= 4 is 23.2 Å². The first-order chi connectivity index (χ1) is 12.6. The quantitative estimate of drug-likeness (QED) is 0.674. The zero-order valence-electron chi connectivity index (χ0n) is 14.7. The summed E-state index contributed by atoms with van der Waals surface area (Å²) in [5, 5.41) is 8.47. The Morgan fingerprint density at radius 1 is 1.30 bits per heavy atom. The molecule has 11 heteroatoms. The van der Waals surface area contributed by atoms with E-state index in [0.717, 1.165) is 6.07 Å². The molecule has 0 saturated heterocycles. The van der Waals surface area contributed by atoms with Crippen molar-refractivity contribution in [2.75, 3.05) is 7.05 Å². The van der Waals surface area contributed by atoms with Gasteiger partial charge in [-0.3, -0.25) is 9.48 Å². The number of halogens is 4. The van der Waals surface area contributed by atoms with Gasteiger partial charge in [0.15, 0.2) is 11.3 Å². The van der Waals surface area contributed by atoms with Crippen LogP contribution < -0.4 is 0 Å². The maximum atomic E-state index is 13.2. The Morgan fingerprint density at radius 2 is 2.00 bits per heavy atom. The van der Waals surface area contributed by atoms with Crippen LogP contribution in [0, 0.1) is 6.92 Å². The zero-order chi connectivity index (χ0) is 19.9. The van der Waals surface area contributed by atoms with Crippen LogP contribution in [0.1, 0.15) is 34.5 Å². The molecule has 0 N–H and O–H groups in total. The summed E-state index contributed by atoms with van der Waals surface area (Å²) in [5.74, 6) is -0.562. The highest BCUT2D eigenvalue weighted by Crippen LogP contribution is 2.30. The highest BCUT2D eigenvalue weighted by molar-refractivity contribution is 6.31. The molecular weight excluding hydrogens is 385 g/mol. The Bertz CT molecular complexity index is 1010. The first-order valence-electron chi connectivity index (χ1n) is 8.02. The fraction of sp³-hybridized carbons (Fsp3) is 0.375. The predicted molar refractivity (Wildman–Crippen MR) is 91.4 cm³/mol. The molecule has 3 rings (SSSR count). The van der Waals surface area contributed by atoms with E-state index in [1.165, 1.54) is 24.9 Å². The van der Waals surface area contributed by atoms with Gasteiger partial charge in [0.25, 0.3) is 5.91 Å². The van der Waals surface area contributed by atoms with Crippen molar-refractivity contribution in [3.63, 3.8) is 0 Å². The molecule has 1 amide bonds. The summed E-state index contributed by atoms with van der Waals surface area (Å²) in [6.45, 7) is 4.06. The summed E-state index contributed by atoms with van der Waals surface area (Å²) in [7, 11) is 1.50. The van der Waals surface area contributed by atoms with Gasteiger partial charge in [0.1, 0.15) is 11.4 Å². The molecule has 0 atom stereocenters. The Hall–Kier alpha value is -2.62. The molecular formula is C16H16ClF3N6O. The Kier molecular flexibility index (Phi) is 4.85. The SMILES string of the molecule is CCn1cc(Cl)c(CN(C)C(=O)c2cc3nc(C)cc(C(F)(F)F)n3n2)n1. The molecule has 3 aromatic rings. The molecule has 0 aromatic carbocycles. The van der Waals surface area contributed by atoms with E-state index >= 15 is 0 Å². The molecule has 144 valence electrons. The second kappa shape index (κ2) is 6.84. The molecule has 0 bridgehead atoms. The van der Waals surface area contributed by atoms with Gasteiger partial charge in [0, 0.05) is 31.5 Å². The van der Waals surface area contributed by atoms with Gasteiger partial charge in [-0.1, -0.05) is 11.6 Å². The third-order valence-electron chi connectivity index (χ3n) is 3.91. The summed E-state index contributed by atoms with van der Waals surface area (Å²) in [5.41, 5.74) is -0.516. The lowest BCUT2D eigenvalue weighted by Gasteiger charge is -2.14. The van der Waals surface area contributed by atoms with Crippen molar-refractivity contribution in [3.05, 3.63) is 46.1 Å². The number of carbonyl (C=O) groups excluding carboxylic acids is 1. The Balaban J connectivity index is 1.92. The van der Waals surface area contributed by atoms with Gasteiger partial charge >= 0.3 is 6.18 Å². The summed E-state index contributed by atoms with van der Waals surface area (Å²) in [6.07, 6.45) is -2.98. The second-order valence-electron chi connectivity index (χ2n) is 6.02. The van der Waals surface area contributed by atoms with Crippen LogP contribution in [-0.4, -0.2) is 42.2 Å². The van der Waals surface area contributed by atoms with Gasteiger partial charge in [-0.15, -0.1) is 0 Å². The highest BCUT2D eigenvalue weighted by Gasteiger charge is 2.35. The van der Waals surface area contributed by atoms with E-state index in [0.29, 0.717) is 21.8 Å². The third kappa shape index (κ3) is 3.75. The number of hydrogen-bond donors (Lipinski definition) is 0. The highest BCUT2D eigenvalue weighted by atomic mass is 35.5. The molecule has 27 heavy (non-hydrogen) atoms. The van der Waals surface area contributed by atoms with Crippen molar-refractivity contribution in [3.8, 4) is 0 Å². The standard InChI is InChI=1S/C16H16ClF3N6O/c1-4-25-7-10(17)12(22-25)8-24(3)15(27)11-6-14-21-9(2)5-13(16(18,19)20)26(14)23-11/h5-7H,4,8H2,1-3H3. The minimum absolute atomic E-state index is 0.0487. The molecule has 0 spiro atoms. The van der Waals surface area contributed by atoms with Crippen LogP contribution in [0.4, 0.5) is 13.2 Å². The summed E-state index contributed by atoms with van der Waals surface area (Å²) < 4.78 is 41.9. The second-order valence-corrected chi connectivity index (χ2v) is 6.43. The van der Waals surface area contributed by atoms with Crippen LogP contribution >= 0.6 is 11.6 Å². The molecule has 0 aliphatic carbocycles. The van der Waals surface area contributed by atoms with E-state index in [9.17, 15) is 18.0 Å². The van der Waals surface area contributed by atoms with Crippen LogP contribution in [0.25, 0.3) is 5.65 Å². The lowest BCUT2D eigenvalue weighted by molar-refractivity contribution is -0.142. The number of hydrogen-bond acceptors (Lipinski definition) is 4. The van der Waals surface area contributed by atoms with Crippen molar-refractivity contribution in [2.45, 2.75) is 33.1 Å². The lowest BCUT2D eigenvalue weighted by atomic mass is 10.3. The number of fused-ring (bicyclic) bond motifs is 1. The fourth-order valence-corrected chi connectivity index (χ4v) is 2.81. The molecule has 0 radical (unpaired) electrons. The van der Waals surface area contributed by atoms with Crippen molar-refractivity contribution in [1.29, 1.82) is 0 Å². The van der Waals surface area contributed by atoms with Gasteiger partial charge in [-0.05, 0) is 19.9 Å². The molecule has 0 aliphatic rings. The van der Waals surface area contributed by atoms with Gasteiger partial charge in [-0.25, -0.2) is 9.50 Å². The molecule has 0 fully saturated rings. The van der Waals surface area contributed by atoms with Crippen LogP contribution in [0.3, 0.4) is 0 Å². The van der Waals surface area contributed by atoms with Crippen molar-refractivity contribution in [1.82, 2.24) is 29.3 Å². The first kappa shape index (κ1) is 19.2. The fourth-order valence-electron chi connectivity index (χ4n) is 2.60. The number of amides is 1. The van der Waals surface area contributed by atoms with Gasteiger partial charge in [0.2, 0.25) is 0 Å². The minimum Gasteiger partial charge on any atom is -0.334 e. The monoisotopic (exact) mass is 400 g/mol. The number of alkyl halides is 3. The molecule has 0 saturated carbocycles. The zero-order valence-corrected chi connectivity index (χ0v) is 15.5. The maximum Gasteiger partial charge on any atom is 0.433 e. The molecule has 3 heterocycles. The predicted octanol–water partition coefficient (Wildman–Crippen LogP) is 3.20. The maximum absolute atomic E-state index is 13.2. The molecule has 7 nitrogen and oxygen atoms in total. The van der Waals surface area contributed by atoms with E-state index in [2.05, 4.69) is 15.2 Å². The van der Waals surface area contributed by atoms with E-state index in [4.69, 9.17) is 11.6 Å². The summed E-state index contributed by atoms with van der Waals surface area (Å²) in [4.78, 5) is 17.9. The average Bonchev–Trinajstić information content (AvgIpc) is 3.15. The van der Waals surface area contributed by atoms with Crippen LogP contribution in [0.15, 0.2) is 18.3 Å². The number of nitrogens with zero attached hydrogens (tertiary/aromatic N) is 6. The summed E-state index contributed by atoms with van der Waals surface area (Å²) >= 11 is 6.10. The number of carbonyl (C=O) groups is 1. The van der Waals surface area contributed by atoms with Crippen molar-refractivity contribution in [2.24, 2.45) is 0 Å². The minimum atomic E-state index is -4.62.